The molecule has 0 aliphatic heterocycles. The molecular weight excluding hydrogens is 284 g/mol. The van der Waals surface area contributed by atoms with Crippen molar-refractivity contribution in [1.29, 1.82) is 0 Å². The van der Waals surface area contributed by atoms with Gasteiger partial charge in [-0.1, -0.05) is 24.6 Å². The summed E-state index contributed by atoms with van der Waals surface area (Å²) >= 11 is 5.99. The molecule has 0 amide bonds. The molecule has 0 saturated heterocycles. The molecule has 0 aliphatic rings. The zero-order valence-corrected chi connectivity index (χ0v) is 12.8. The molecule has 0 radical (unpaired) electrons. The maximum absolute atomic E-state index is 5.99. The molecule has 1 atom stereocenters. The van der Waals surface area contributed by atoms with Crippen molar-refractivity contribution >= 4 is 17.2 Å². The van der Waals surface area contributed by atoms with Crippen LogP contribution in [0.4, 0.5) is 0 Å². The van der Waals surface area contributed by atoms with Crippen LogP contribution >= 0.6 is 11.6 Å². The van der Waals surface area contributed by atoms with Gasteiger partial charge in [0.05, 0.1) is 5.69 Å². The molecule has 1 aromatic carbocycles. The molecular formula is C17H17ClN2O. The number of alkyl halides is 1. The fourth-order valence-corrected chi connectivity index (χ4v) is 2.28. The second kappa shape index (κ2) is 5.78. The minimum absolute atomic E-state index is 0.283. The van der Waals surface area contributed by atoms with Gasteiger partial charge in [-0.15, -0.1) is 0 Å². The maximum atomic E-state index is 5.99. The van der Waals surface area contributed by atoms with Crippen molar-refractivity contribution in [1.82, 2.24) is 9.38 Å². The molecule has 0 N–H and O–H groups in total. The number of hydrogen-bond donors (Lipinski definition) is 0. The Labute approximate surface area is 129 Å². The van der Waals surface area contributed by atoms with Gasteiger partial charge in [-0.25, -0.2) is 4.98 Å². The lowest BCUT2D eigenvalue weighted by Crippen LogP contribution is -2.06. The fraction of sp³-hybridized carbons (Fsp3) is 0.235. The van der Waals surface area contributed by atoms with Crippen LogP contribution in [0.25, 0.3) is 16.9 Å². The highest BCUT2D eigenvalue weighted by Crippen LogP contribution is 2.23. The number of pyridine rings is 1. The highest BCUT2D eigenvalue weighted by atomic mass is 35.5. The molecule has 108 valence electrons. The van der Waals surface area contributed by atoms with Crippen molar-refractivity contribution in [2.24, 2.45) is 0 Å². The predicted octanol–water partition coefficient (Wildman–Crippen LogP) is 4.66. The van der Waals surface area contributed by atoms with Crippen LogP contribution in [0.3, 0.4) is 0 Å². The van der Waals surface area contributed by atoms with E-state index in [0.717, 1.165) is 29.1 Å². The Morgan fingerprint density at radius 1 is 1.14 bits per heavy atom. The molecule has 0 fully saturated rings. The van der Waals surface area contributed by atoms with Crippen molar-refractivity contribution in [2.75, 3.05) is 0 Å². The normalized spacial score (nSPS) is 12.5. The Bertz CT molecular complexity index is 749. The summed E-state index contributed by atoms with van der Waals surface area (Å²) < 4.78 is 7.61. The van der Waals surface area contributed by atoms with Gasteiger partial charge in [0.25, 0.3) is 0 Å². The summed E-state index contributed by atoms with van der Waals surface area (Å²) in [5, 5.41) is 0. The van der Waals surface area contributed by atoms with Gasteiger partial charge >= 0.3 is 0 Å². The summed E-state index contributed by atoms with van der Waals surface area (Å²) in [4.78, 5) is 4.63. The van der Waals surface area contributed by atoms with Crippen molar-refractivity contribution in [3.8, 4) is 17.0 Å². The minimum Gasteiger partial charge on any atom is -0.475 e. The average Bonchev–Trinajstić information content (AvgIpc) is 2.90. The number of aromatic nitrogens is 2. The Balaban J connectivity index is 1.88. The zero-order chi connectivity index (χ0) is 14.8. The zero-order valence-electron chi connectivity index (χ0n) is 12.1. The number of imidazole rings is 1. The van der Waals surface area contributed by atoms with Crippen molar-refractivity contribution < 1.29 is 4.74 Å². The molecule has 3 nitrogen and oxygen atoms in total. The van der Waals surface area contributed by atoms with Crippen LogP contribution in [-0.2, 0) is 0 Å². The van der Waals surface area contributed by atoms with Crippen LogP contribution in [0.1, 0.15) is 18.9 Å². The number of benzene rings is 1. The lowest BCUT2D eigenvalue weighted by atomic mass is 10.2. The van der Waals surface area contributed by atoms with E-state index in [2.05, 4.69) is 24.2 Å². The van der Waals surface area contributed by atoms with E-state index in [0.29, 0.717) is 0 Å². The third-order valence-corrected chi connectivity index (χ3v) is 3.73. The highest BCUT2D eigenvalue weighted by molar-refractivity contribution is 6.19. The topological polar surface area (TPSA) is 26.5 Å². The third kappa shape index (κ3) is 3.03. The van der Waals surface area contributed by atoms with Crippen molar-refractivity contribution in [3.05, 3.63) is 54.4 Å². The molecule has 3 aromatic rings. The van der Waals surface area contributed by atoms with Crippen LogP contribution in [0.5, 0.6) is 5.75 Å². The molecule has 4 heteroatoms. The number of hydrogen-bond acceptors (Lipinski definition) is 2. The Hall–Kier alpha value is -2.00. The van der Waals surface area contributed by atoms with Gasteiger partial charge in [0.2, 0.25) is 0 Å². The smallest absolute Gasteiger partial charge is 0.171 e. The largest absolute Gasteiger partial charge is 0.475 e. The first kappa shape index (κ1) is 14.0. The van der Waals surface area contributed by atoms with Crippen LogP contribution < -0.4 is 4.74 Å². The van der Waals surface area contributed by atoms with E-state index in [9.17, 15) is 0 Å². The number of halogens is 1. The van der Waals surface area contributed by atoms with Gasteiger partial charge in [0.15, 0.2) is 5.56 Å². The summed E-state index contributed by atoms with van der Waals surface area (Å²) in [6, 6.07) is 11.9. The maximum Gasteiger partial charge on any atom is 0.171 e. The number of fused-ring (bicyclic) bond motifs is 1. The van der Waals surface area contributed by atoms with E-state index >= 15 is 0 Å². The van der Waals surface area contributed by atoms with Gasteiger partial charge in [0, 0.05) is 18.0 Å². The van der Waals surface area contributed by atoms with E-state index < -0.39 is 0 Å². The fourth-order valence-electron chi connectivity index (χ4n) is 2.18. The first-order valence-electron chi connectivity index (χ1n) is 7.02. The standard InChI is InChI=1S/C17H17ClN2O/c1-3-16(18)21-14-7-5-13(6-8-14)15-11-20-10-12(2)4-9-17(20)19-15/h4-11,16H,3H2,1-2H3. The molecule has 2 aromatic heterocycles. The quantitative estimate of drug-likeness (QED) is 0.655. The van der Waals surface area contributed by atoms with Crippen molar-refractivity contribution in [3.63, 3.8) is 0 Å². The molecule has 0 aliphatic carbocycles. The van der Waals surface area contributed by atoms with Gasteiger partial charge in [-0.05, 0) is 49.2 Å². The van der Waals surface area contributed by atoms with E-state index in [4.69, 9.17) is 16.3 Å². The van der Waals surface area contributed by atoms with Crippen molar-refractivity contribution in [2.45, 2.75) is 25.8 Å². The van der Waals surface area contributed by atoms with Gasteiger partial charge in [0.1, 0.15) is 11.4 Å². The summed E-state index contributed by atoms with van der Waals surface area (Å²) in [6.07, 6.45) is 4.88. The molecule has 0 bridgehead atoms. The lowest BCUT2D eigenvalue weighted by molar-refractivity contribution is 0.277. The van der Waals surface area contributed by atoms with Crippen LogP contribution in [0.2, 0.25) is 0 Å². The van der Waals surface area contributed by atoms with Gasteiger partial charge < -0.3 is 9.14 Å². The van der Waals surface area contributed by atoms with E-state index in [1.165, 1.54) is 5.56 Å². The highest BCUT2D eigenvalue weighted by Gasteiger charge is 2.06. The molecule has 1 unspecified atom stereocenters. The number of aryl methyl sites for hydroxylation is 1. The van der Waals surface area contributed by atoms with Gasteiger partial charge in [-0.3, -0.25) is 0 Å². The first-order valence-corrected chi connectivity index (χ1v) is 7.46. The number of rotatable bonds is 4. The number of nitrogens with zero attached hydrogens (tertiary/aromatic N) is 2. The Morgan fingerprint density at radius 2 is 1.90 bits per heavy atom. The summed E-state index contributed by atoms with van der Waals surface area (Å²) in [5.41, 5.74) is 3.89. The minimum atomic E-state index is -0.283. The molecule has 0 spiro atoms. The predicted molar refractivity (Wildman–Crippen MR) is 85.9 cm³/mol. The van der Waals surface area contributed by atoms with E-state index in [1.807, 2.05) is 47.9 Å². The van der Waals surface area contributed by atoms with Crippen LogP contribution in [-0.4, -0.2) is 14.9 Å². The summed E-state index contributed by atoms with van der Waals surface area (Å²) in [7, 11) is 0. The molecule has 0 saturated carbocycles. The molecule has 3 rings (SSSR count). The summed E-state index contributed by atoms with van der Waals surface area (Å²) in [5.74, 6) is 0.778. The Morgan fingerprint density at radius 3 is 2.62 bits per heavy atom. The second-order valence-corrected chi connectivity index (χ2v) is 5.55. The average molecular weight is 301 g/mol. The van der Waals surface area contributed by atoms with Gasteiger partial charge in [-0.2, -0.15) is 0 Å². The third-order valence-electron chi connectivity index (χ3n) is 3.33. The SMILES string of the molecule is CCC(Cl)Oc1ccc(-c2cn3cc(C)ccc3n2)cc1. The molecule has 2 heterocycles. The number of ether oxygens (including phenoxy) is 1. The Kier molecular flexibility index (Phi) is 3.84. The van der Waals surface area contributed by atoms with Crippen LogP contribution in [0.15, 0.2) is 48.8 Å². The monoisotopic (exact) mass is 300 g/mol. The first-order chi connectivity index (χ1) is 10.2. The van der Waals surface area contributed by atoms with Crippen LogP contribution in [0, 0.1) is 6.92 Å². The van der Waals surface area contributed by atoms with E-state index in [1.54, 1.807) is 0 Å². The lowest BCUT2D eigenvalue weighted by Gasteiger charge is -2.10. The second-order valence-electron chi connectivity index (χ2n) is 5.06. The summed E-state index contributed by atoms with van der Waals surface area (Å²) in [6.45, 7) is 4.06. The van der Waals surface area contributed by atoms with E-state index in [-0.39, 0.29) is 5.56 Å². The molecule has 21 heavy (non-hydrogen) atoms.